The minimum Gasteiger partial charge on any atom is -0.506 e. The van der Waals surface area contributed by atoms with Crippen LogP contribution in [0.2, 0.25) is 0 Å². The average Bonchev–Trinajstić information content (AvgIpc) is 2.55. The summed E-state index contributed by atoms with van der Waals surface area (Å²) in [7, 11) is 0. The van der Waals surface area contributed by atoms with Crippen LogP contribution in [0.1, 0.15) is 23.9 Å². The van der Waals surface area contributed by atoms with Crippen LogP contribution in [-0.2, 0) is 6.42 Å². The zero-order valence-corrected chi connectivity index (χ0v) is 9.86. The van der Waals surface area contributed by atoms with E-state index in [-0.39, 0.29) is 5.75 Å². The molecule has 84 valence electrons. The largest absolute Gasteiger partial charge is 0.506 e. The van der Waals surface area contributed by atoms with Gasteiger partial charge in [-0.05, 0) is 38.0 Å². The van der Waals surface area contributed by atoms with Gasteiger partial charge < -0.3 is 5.11 Å². The summed E-state index contributed by atoms with van der Waals surface area (Å²) in [5, 5.41) is 14.3. The number of phenolic OH excluding ortho intramolecular Hbond substituents is 1. The third-order valence-corrected chi connectivity index (χ3v) is 2.90. The van der Waals surface area contributed by atoms with Crippen molar-refractivity contribution in [1.82, 2.24) is 9.78 Å². The molecule has 1 N–H and O–H groups in total. The molecule has 16 heavy (non-hydrogen) atoms. The van der Waals surface area contributed by atoms with Crippen molar-refractivity contribution in [3.05, 3.63) is 41.2 Å². The molecule has 0 aliphatic heterocycles. The Labute approximate surface area is 95.3 Å². The van der Waals surface area contributed by atoms with E-state index < -0.39 is 0 Å². The molecule has 0 bridgehead atoms. The van der Waals surface area contributed by atoms with Crippen LogP contribution in [0.3, 0.4) is 0 Å². The van der Waals surface area contributed by atoms with Gasteiger partial charge in [-0.2, -0.15) is 5.10 Å². The van der Waals surface area contributed by atoms with Gasteiger partial charge in [-0.3, -0.25) is 0 Å². The normalized spacial score (nSPS) is 10.7. The summed E-state index contributed by atoms with van der Waals surface area (Å²) < 4.78 is 1.81. The summed E-state index contributed by atoms with van der Waals surface area (Å²) in [6, 6.07) is 7.26. The maximum Gasteiger partial charge on any atom is 0.141 e. The van der Waals surface area contributed by atoms with Gasteiger partial charge in [-0.25, -0.2) is 4.68 Å². The Kier molecular flexibility index (Phi) is 2.69. The van der Waals surface area contributed by atoms with Crippen molar-refractivity contribution in [2.75, 3.05) is 0 Å². The van der Waals surface area contributed by atoms with Crippen LogP contribution in [0.5, 0.6) is 5.75 Å². The number of para-hydroxylation sites is 2. The molecule has 0 atom stereocenters. The number of rotatable bonds is 2. The summed E-state index contributed by atoms with van der Waals surface area (Å²) in [5.74, 6) is 0.260. The lowest BCUT2D eigenvalue weighted by Gasteiger charge is -2.06. The van der Waals surface area contributed by atoms with E-state index in [0.717, 1.165) is 23.5 Å². The molecule has 0 spiro atoms. The molecule has 2 aromatic rings. The number of aromatic nitrogens is 2. The fourth-order valence-corrected chi connectivity index (χ4v) is 2.06. The van der Waals surface area contributed by atoms with Gasteiger partial charge in [0.1, 0.15) is 11.4 Å². The number of phenols is 1. The number of nitrogens with zero attached hydrogens (tertiary/aromatic N) is 2. The molecule has 0 saturated carbocycles. The van der Waals surface area contributed by atoms with Crippen LogP contribution in [-0.4, -0.2) is 14.9 Å². The second kappa shape index (κ2) is 4.00. The fraction of sp³-hybridized carbons (Fsp3) is 0.308. The number of aryl methyl sites for hydroxylation is 1. The lowest BCUT2D eigenvalue weighted by atomic mass is 10.1. The first-order chi connectivity index (χ1) is 7.65. The highest BCUT2D eigenvalue weighted by molar-refractivity contribution is 5.47. The van der Waals surface area contributed by atoms with E-state index in [0.29, 0.717) is 0 Å². The summed E-state index contributed by atoms with van der Waals surface area (Å²) in [6.45, 7) is 6.15. The highest BCUT2D eigenvalue weighted by Gasteiger charge is 2.12. The Morgan fingerprint density at radius 2 is 1.94 bits per heavy atom. The fourth-order valence-electron chi connectivity index (χ4n) is 2.06. The summed E-state index contributed by atoms with van der Waals surface area (Å²) in [6.07, 6.45) is 0.964. The predicted molar refractivity (Wildman–Crippen MR) is 64.1 cm³/mol. The first-order valence-electron chi connectivity index (χ1n) is 5.48. The third kappa shape index (κ3) is 1.58. The lowest BCUT2D eigenvalue weighted by Crippen LogP contribution is -1.99. The van der Waals surface area contributed by atoms with Crippen LogP contribution in [0.15, 0.2) is 24.3 Å². The number of hydrogen-bond donors (Lipinski definition) is 1. The Morgan fingerprint density at radius 1 is 1.25 bits per heavy atom. The Morgan fingerprint density at radius 3 is 2.50 bits per heavy atom. The van der Waals surface area contributed by atoms with Gasteiger partial charge in [0.15, 0.2) is 0 Å². The van der Waals surface area contributed by atoms with E-state index in [9.17, 15) is 5.11 Å². The smallest absolute Gasteiger partial charge is 0.141 e. The second-order valence-corrected chi connectivity index (χ2v) is 3.90. The predicted octanol–water partition coefficient (Wildman–Crippen LogP) is 2.76. The van der Waals surface area contributed by atoms with Crippen LogP contribution in [0, 0.1) is 13.8 Å². The van der Waals surface area contributed by atoms with Crippen molar-refractivity contribution in [2.24, 2.45) is 0 Å². The van der Waals surface area contributed by atoms with Crippen LogP contribution in [0.25, 0.3) is 5.69 Å². The zero-order valence-electron chi connectivity index (χ0n) is 9.86. The molecule has 0 saturated heterocycles. The van der Waals surface area contributed by atoms with Crippen molar-refractivity contribution in [3.63, 3.8) is 0 Å². The van der Waals surface area contributed by atoms with Crippen molar-refractivity contribution in [3.8, 4) is 11.4 Å². The summed E-state index contributed by atoms with van der Waals surface area (Å²) >= 11 is 0. The van der Waals surface area contributed by atoms with E-state index in [1.807, 2.05) is 36.7 Å². The Hall–Kier alpha value is -1.77. The van der Waals surface area contributed by atoms with Crippen molar-refractivity contribution >= 4 is 0 Å². The Bertz CT molecular complexity index is 515. The van der Waals surface area contributed by atoms with Gasteiger partial charge in [0.25, 0.3) is 0 Å². The van der Waals surface area contributed by atoms with Gasteiger partial charge in [0.2, 0.25) is 0 Å². The maximum atomic E-state index is 9.80. The topological polar surface area (TPSA) is 38.0 Å². The number of hydrogen-bond acceptors (Lipinski definition) is 2. The highest BCUT2D eigenvalue weighted by atomic mass is 16.3. The zero-order chi connectivity index (χ0) is 11.7. The molecule has 1 aromatic carbocycles. The van der Waals surface area contributed by atoms with Gasteiger partial charge in [-0.15, -0.1) is 0 Å². The standard InChI is InChI=1S/C13H16N2O/c1-4-11-9(2)14-15(10(11)3)12-7-5-6-8-13(12)16/h5-8,16H,4H2,1-3H3. The molecule has 3 nitrogen and oxygen atoms in total. The second-order valence-electron chi connectivity index (χ2n) is 3.90. The van der Waals surface area contributed by atoms with E-state index in [4.69, 9.17) is 0 Å². The molecule has 3 heteroatoms. The van der Waals surface area contributed by atoms with E-state index in [1.54, 1.807) is 6.07 Å². The van der Waals surface area contributed by atoms with E-state index in [2.05, 4.69) is 12.0 Å². The molecular weight excluding hydrogens is 200 g/mol. The molecule has 0 amide bonds. The number of aromatic hydroxyl groups is 1. The van der Waals surface area contributed by atoms with Gasteiger partial charge in [-0.1, -0.05) is 19.1 Å². The molecule has 2 rings (SSSR count). The monoisotopic (exact) mass is 216 g/mol. The SMILES string of the molecule is CCc1c(C)nn(-c2ccccc2O)c1C. The van der Waals surface area contributed by atoms with E-state index in [1.165, 1.54) is 5.56 Å². The van der Waals surface area contributed by atoms with Gasteiger partial charge >= 0.3 is 0 Å². The van der Waals surface area contributed by atoms with Gasteiger partial charge in [0.05, 0.1) is 5.69 Å². The Balaban J connectivity index is 2.62. The molecular formula is C13H16N2O. The molecule has 1 heterocycles. The van der Waals surface area contributed by atoms with Gasteiger partial charge in [0, 0.05) is 5.69 Å². The van der Waals surface area contributed by atoms with E-state index >= 15 is 0 Å². The van der Waals surface area contributed by atoms with Crippen LogP contribution in [0.4, 0.5) is 0 Å². The van der Waals surface area contributed by atoms with Crippen molar-refractivity contribution < 1.29 is 5.11 Å². The van der Waals surface area contributed by atoms with Crippen molar-refractivity contribution in [2.45, 2.75) is 27.2 Å². The van der Waals surface area contributed by atoms with Crippen LogP contribution >= 0.6 is 0 Å². The van der Waals surface area contributed by atoms with Crippen molar-refractivity contribution in [1.29, 1.82) is 0 Å². The summed E-state index contributed by atoms with van der Waals surface area (Å²) in [4.78, 5) is 0. The lowest BCUT2D eigenvalue weighted by molar-refractivity contribution is 0.470. The first kappa shape index (κ1) is 10.7. The average molecular weight is 216 g/mol. The quantitative estimate of drug-likeness (QED) is 0.838. The molecule has 0 aliphatic rings. The minimum atomic E-state index is 0.260. The molecule has 1 aromatic heterocycles. The first-order valence-corrected chi connectivity index (χ1v) is 5.48. The molecule has 0 aliphatic carbocycles. The molecule has 0 unspecified atom stereocenters. The summed E-state index contributed by atoms with van der Waals surface area (Å²) in [5.41, 5.74) is 4.12. The molecule has 0 fully saturated rings. The minimum absolute atomic E-state index is 0.260. The number of benzene rings is 1. The van der Waals surface area contributed by atoms with Crippen LogP contribution < -0.4 is 0 Å². The molecule has 0 radical (unpaired) electrons. The highest BCUT2D eigenvalue weighted by Crippen LogP contribution is 2.24. The third-order valence-electron chi connectivity index (χ3n) is 2.90. The maximum absolute atomic E-state index is 9.80.